The third-order valence-corrected chi connectivity index (χ3v) is 5.63. The summed E-state index contributed by atoms with van der Waals surface area (Å²) in [6, 6.07) is 19.4. The molecule has 0 aliphatic carbocycles. The number of anilines is 1. The van der Waals surface area contributed by atoms with E-state index in [1.165, 1.54) is 16.9 Å². The molecule has 178 valence electrons. The van der Waals surface area contributed by atoms with Crippen LogP contribution in [0.2, 0.25) is 0 Å². The number of hydrogen-bond donors (Lipinski definition) is 1. The van der Waals surface area contributed by atoms with Crippen molar-refractivity contribution in [2.75, 3.05) is 5.32 Å². The number of imidazole rings is 1. The number of rotatable bonds is 4. The highest BCUT2D eigenvalue weighted by Gasteiger charge is 2.36. The van der Waals surface area contributed by atoms with Gasteiger partial charge in [0.2, 0.25) is 0 Å². The molecule has 0 saturated heterocycles. The van der Waals surface area contributed by atoms with Gasteiger partial charge in [0.05, 0.1) is 28.5 Å². The molecule has 0 aliphatic heterocycles. The minimum atomic E-state index is -4.75. The van der Waals surface area contributed by atoms with Gasteiger partial charge < -0.3 is 5.32 Å². The van der Waals surface area contributed by atoms with Crippen LogP contribution in [0.5, 0.6) is 0 Å². The van der Waals surface area contributed by atoms with E-state index in [4.69, 9.17) is 0 Å². The summed E-state index contributed by atoms with van der Waals surface area (Å²) in [6.07, 6.45) is -1.55. The van der Waals surface area contributed by atoms with Gasteiger partial charge in [0, 0.05) is 30.6 Å². The predicted octanol–water partition coefficient (Wildman–Crippen LogP) is 5.54. The Morgan fingerprint density at radius 3 is 2.44 bits per heavy atom. The zero-order valence-corrected chi connectivity index (χ0v) is 18.8. The molecule has 0 saturated carbocycles. The van der Waals surface area contributed by atoms with Crippen molar-refractivity contribution in [2.24, 2.45) is 7.05 Å². The standard InChI is InChI=1S/C26H17F3N6O/c1-34-12-10-21(33-34)19-14-18(17(15-30)13-20(19)26(27,28)29)25(36)32-24-23(16-7-3-2-4-8-16)31-22-9-5-6-11-35(22)24/h2-14H,1H3,(H,32,36). The van der Waals surface area contributed by atoms with E-state index in [9.17, 15) is 23.2 Å². The molecule has 0 unspecified atom stereocenters. The number of carbonyl (C=O) groups excluding carboxylic acids is 1. The van der Waals surface area contributed by atoms with E-state index in [1.807, 2.05) is 30.3 Å². The zero-order chi connectivity index (χ0) is 25.4. The maximum atomic E-state index is 13.9. The van der Waals surface area contributed by atoms with E-state index in [1.54, 1.807) is 41.9 Å². The lowest BCUT2D eigenvalue weighted by atomic mass is 9.96. The Bertz CT molecular complexity index is 1640. The second-order valence-corrected chi connectivity index (χ2v) is 7.99. The smallest absolute Gasteiger partial charge is 0.306 e. The highest BCUT2D eigenvalue weighted by molar-refractivity contribution is 6.08. The van der Waals surface area contributed by atoms with Crippen LogP contribution in [0.4, 0.5) is 19.0 Å². The number of aryl methyl sites for hydroxylation is 1. The number of benzene rings is 2. The van der Waals surface area contributed by atoms with Gasteiger partial charge >= 0.3 is 6.18 Å². The highest BCUT2D eigenvalue weighted by Crippen LogP contribution is 2.38. The van der Waals surface area contributed by atoms with Crippen molar-refractivity contribution in [3.63, 3.8) is 0 Å². The predicted molar refractivity (Wildman–Crippen MR) is 127 cm³/mol. The van der Waals surface area contributed by atoms with Crippen LogP contribution in [0.3, 0.4) is 0 Å². The maximum absolute atomic E-state index is 13.9. The van der Waals surface area contributed by atoms with Crippen molar-refractivity contribution >= 4 is 17.4 Å². The molecule has 2 aromatic carbocycles. The van der Waals surface area contributed by atoms with Gasteiger partial charge in [-0.25, -0.2) is 4.98 Å². The number of alkyl halides is 3. The van der Waals surface area contributed by atoms with Crippen molar-refractivity contribution in [1.29, 1.82) is 5.26 Å². The number of aromatic nitrogens is 4. The van der Waals surface area contributed by atoms with Gasteiger partial charge in [-0.3, -0.25) is 13.9 Å². The minimum Gasteiger partial charge on any atom is -0.306 e. The van der Waals surface area contributed by atoms with E-state index >= 15 is 0 Å². The second-order valence-electron chi connectivity index (χ2n) is 7.99. The van der Waals surface area contributed by atoms with Crippen LogP contribution in [0.25, 0.3) is 28.2 Å². The molecule has 1 amide bonds. The van der Waals surface area contributed by atoms with Crippen LogP contribution >= 0.6 is 0 Å². The maximum Gasteiger partial charge on any atom is 0.417 e. The first-order valence-electron chi connectivity index (χ1n) is 10.8. The van der Waals surface area contributed by atoms with Crippen molar-refractivity contribution in [3.8, 4) is 28.6 Å². The van der Waals surface area contributed by atoms with Crippen molar-refractivity contribution in [1.82, 2.24) is 19.2 Å². The molecule has 0 fully saturated rings. The fourth-order valence-electron chi connectivity index (χ4n) is 3.97. The van der Waals surface area contributed by atoms with Crippen LogP contribution in [0.1, 0.15) is 21.5 Å². The summed E-state index contributed by atoms with van der Waals surface area (Å²) in [5.41, 5.74) is -0.158. The van der Waals surface area contributed by atoms with Crippen molar-refractivity contribution in [3.05, 3.63) is 95.8 Å². The topological polar surface area (TPSA) is 88.0 Å². The number of amides is 1. The number of nitrogens with zero attached hydrogens (tertiary/aromatic N) is 5. The van der Waals surface area contributed by atoms with Crippen LogP contribution in [0.15, 0.2) is 79.1 Å². The normalized spacial score (nSPS) is 11.4. The first-order chi connectivity index (χ1) is 17.3. The number of nitriles is 1. The molecular weight excluding hydrogens is 469 g/mol. The summed E-state index contributed by atoms with van der Waals surface area (Å²) >= 11 is 0. The van der Waals surface area contributed by atoms with E-state index in [0.29, 0.717) is 23.2 Å². The Morgan fingerprint density at radius 1 is 1.03 bits per heavy atom. The Kier molecular flexibility index (Phi) is 5.53. The summed E-state index contributed by atoms with van der Waals surface area (Å²) in [6.45, 7) is 0. The molecule has 10 heteroatoms. The number of halogens is 3. The third-order valence-electron chi connectivity index (χ3n) is 5.63. The van der Waals surface area contributed by atoms with Gasteiger partial charge in [0.15, 0.2) is 0 Å². The molecule has 0 radical (unpaired) electrons. The average molecular weight is 486 g/mol. The SMILES string of the molecule is Cn1ccc(-c2cc(C(=O)Nc3c(-c4ccccc4)nc4ccccn34)c(C#N)cc2C(F)(F)F)n1. The third kappa shape index (κ3) is 4.07. The fraction of sp³-hybridized carbons (Fsp3) is 0.0769. The lowest BCUT2D eigenvalue weighted by Gasteiger charge is -2.15. The van der Waals surface area contributed by atoms with E-state index in [2.05, 4.69) is 15.4 Å². The van der Waals surface area contributed by atoms with Gasteiger partial charge in [0.25, 0.3) is 5.91 Å². The van der Waals surface area contributed by atoms with Crippen LogP contribution in [-0.2, 0) is 13.2 Å². The molecule has 0 spiro atoms. The molecule has 0 atom stereocenters. The largest absolute Gasteiger partial charge is 0.417 e. The second kappa shape index (κ2) is 8.70. The van der Waals surface area contributed by atoms with Crippen LogP contribution < -0.4 is 5.32 Å². The molecule has 0 aliphatic rings. The lowest BCUT2D eigenvalue weighted by Crippen LogP contribution is -2.17. The highest BCUT2D eigenvalue weighted by atomic mass is 19.4. The van der Waals surface area contributed by atoms with Gasteiger partial charge in [0.1, 0.15) is 17.2 Å². The van der Waals surface area contributed by atoms with E-state index in [0.717, 1.165) is 11.6 Å². The molecule has 3 aromatic heterocycles. The summed E-state index contributed by atoms with van der Waals surface area (Å²) in [5.74, 6) is -0.426. The first kappa shape index (κ1) is 22.9. The molecule has 36 heavy (non-hydrogen) atoms. The molecule has 5 rings (SSSR count). The Balaban J connectivity index is 1.65. The monoisotopic (exact) mass is 486 g/mol. The summed E-state index contributed by atoms with van der Waals surface area (Å²) in [7, 11) is 1.57. The molecule has 7 nitrogen and oxygen atoms in total. The average Bonchev–Trinajstić information content (AvgIpc) is 3.47. The Hall–Kier alpha value is -4.91. The molecule has 0 bridgehead atoms. The van der Waals surface area contributed by atoms with Gasteiger partial charge in [-0.2, -0.15) is 23.5 Å². The fourth-order valence-corrected chi connectivity index (χ4v) is 3.97. The molecule has 3 heterocycles. The number of pyridine rings is 1. The van der Waals surface area contributed by atoms with E-state index < -0.39 is 23.2 Å². The Labute approximate surface area is 203 Å². The molecule has 1 N–H and O–H groups in total. The van der Waals surface area contributed by atoms with Gasteiger partial charge in [-0.15, -0.1) is 0 Å². The number of hydrogen-bond acceptors (Lipinski definition) is 4. The van der Waals surface area contributed by atoms with Gasteiger partial charge in [-0.1, -0.05) is 36.4 Å². The lowest BCUT2D eigenvalue weighted by molar-refractivity contribution is -0.137. The van der Waals surface area contributed by atoms with Crippen molar-refractivity contribution < 1.29 is 18.0 Å². The number of fused-ring (bicyclic) bond motifs is 1. The molecule has 5 aromatic rings. The molecular formula is C26H17F3N6O. The minimum absolute atomic E-state index is 0.0307. The number of nitrogens with one attached hydrogen (secondary N) is 1. The van der Waals surface area contributed by atoms with E-state index in [-0.39, 0.29) is 16.8 Å². The summed E-state index contributed by atoms with van der Waals surface area (Å²) in [5, 5.41) is 16.5. The zero-order valence-electron chi connectivity index (χ0n) is 18.8. The number of carbonyl (C=O) groups is 1. The first-order valence-corrected chi connectivity index (χ1v) is 10.8. The van der Waals surface area contributed by atoms with Crippen molar-refractivity contribution in [2.45, 2.75) is 6.18 Å². The van der Waals surface area contributed by atoms with Crippen LogP contribution in [0, 0.1) is 11.3 Å². The Morgan fingerprint density at radius 2 is 1.78 bits per heavy atom. The summed E-state index contributed by atoms with van der Waals surface area (Å²) < 4.78 is 44.6. The summed E-state index contributed by atoms with van der Waals surface area (Å²) in [4.78, 5) is 18.1. The van der Waals surface area contributed by atoms with Gasteiger partial charge in [-0.05, 0) is 30.3 Å². The van der Waals surface area contributed by atoms with Crippen LogP contribution in [-0.4, -0.2) is 25.1 Å². The quantitative estimate of drug-likeness (QED) is 0.361.